The minimum Gasteiger partial charge on any atom is -0.497 e. The molecule has 166 valence electrons. The fourth-order valence-electron chi connectivity index (χ4n) is 3.72. The number of hydrogen-bond donors (Lipinski definition) is 1. The molecule has 3 aromatic rings. The van der Waals surface area contributed by atoms with Crippen molar-refractivity contribution in [2.45, 2.75) is 38.6 Å². The number of methoxy groups -OCH3 is 2. The van der Waals surface area contributed by atoms with Gasteiger partial charge in [0.05, 0.1) is 19.1 Å². The van der Waals surface area contributed by atoms with Gasteiger partial charge in [-0.1, -0.05) is 6.07 Å². The molecule has 3 rings (SSSR count). The van der Waals surface area contributed by atoms with Crippen LogP contribution < -0.4 is 14.2 Å². The van der Waals surface area contributed by atoms with Crippen molar-refractivity contribution in [2.24, 2.45) is 7.05 Å². The first-order valence-corrected chi connectivity index (χ1v) is 11.4. The summed E-state index contributed by atoms with van der Waals surface area (Å²) in [5.74, 6) is 1.68. The van der Waals surface area contributed by atoms with Crippen LogP contribution in [0.5, 0.6) is 11.5 Å². The highest BCUT2D eigenvalue weighted by atomic mass is 32.2. The van der Waals surface area contributed by atoms with Gasteiger partial charge in [0.15, 0.2) is 0 Å². The molecule has 0 fully saturated rings. The van der Waals surface area contributed by atoms with Crippen molar-refractivity contribution in [1.29, 1.82) is 0 Å². The van der Waals surface area contributed by atoms with Gasteiger partial charge >= 0.3 is 0 Å². The van der Waals surface area contributed by atoms with Gasteiger partial charge in [0.2, 0.25) is 10.0 Å². The molecule has 0 aliphatic rings. The van der Waals surface area contributed by atoms with Crippen LogP contribution in [-0.4, -0.2) is 32.2 Å². The van der Waals surface area contributed by atoms with Gasteiger partial charge in [0, 0.05) is 25.5 Å². The molecule has 1 heterocycles. The number of nitrogens with zero attached hydrogens (tertiary/aromatic N) is 2. The number of aromatic nitrogens is 2. The molecule has 0 bridgehead atoms. The van der Waals surface area contributed by atoms with Crippen molar-refractivity contribution in [3.63, 3.8) is 0 Å². The fraction of sp³-hybridized carbons (Fsp3) is 0.348. The van der Waals surface area contributed by atoms with E-state index in [0.29, 0.717) is 27.8 Å². The average Bonchev–Trinajstić information content (AvgIpc) is 3.15. The first-order valence-electron chi connectivity index (χ1n) is 9.89. The van der Waals surface area contributed by atoms with Crippen LogP contribution in [0.1, 0.15) is 39.7 Å². The van der Waals surface area contributed by atoms with Crippen molar-refractivity contribution in [1.82, 2.24) is 14.3 Å². The highest BCUT2D eigenvalue weighted by Gasteiger charge is 2.29. The Kier molecular flexibility index (Phi) is 6.43. The number of sulfonamides is 1. The van der Waals surface area contributed by atoms with Crippen molar-refractivity contribution in [3.05, 3.63) is 70.3 Å². The highest BCUT2D eigenvalue weighted by molar-refractivity contribution is 7.89. The van der Waals surface area contributed by atoms with Gasteiger partial charge in [-0.25, -0.2) is 13.4 Å². The smallest absolute Gasteiger partial charge is 0.242 e. The third-order valence-electron chi connectivity index (χ3n) is 5.66. The van der Waals surface area contributed by atoms with E-state index in [0.717, 1.165) is 22.3 Å². The largest absolute Gasteiger partial charge is 0.497 e. The van der Waals surface area contributed by atoms with Crippen LogP contribution in [-0.2, 0) is 17.1 Å². The lowest BCUT2D eigenvalue weighted by Crippen LogP contribution is -2.32. The Morgan fingerprint density at radius 2 is 1.48 bits per heavy atom. The summed E-state index contributed by atoms with van der Waals surface area (Å²) in [4.78, 5) is 4.72. The molecule has 0 aliphatic heterocycles. The molecule has 0 unspecified atom stereocenters. The number of aryl methyl sites for hydroxylation is 3. The molecule has 1 N–H and O–H groups in total. The number of ether oxygens (including phenoxy) is 2. The average molecular weight is 444 g/mol. The number of imidazole rings is 1. The zero-order valence-electron chi connectivity index (χ0n) is 19.0. The number of rotatable bonds is 7. The zero-order valence-corrected chi connectivity index (χ0v) is 19.8. The molecule has 0 saturated carbocycles. The third-order valence-corrected chi connectivity index (χ3v) is 7.36. The molecule has 0 spiro atoms. The van der Waals surface area contributed by atoms with E-state index in [1.54, 1.807) is 49.4 Å². The summed E-state index contributed by atoms with van der Waals surface area (Å²) in [6, 6.07) is 6.57. The maximum Gasteiger partial charge on any atom is 0.242 e. The summed E-state index contributed by atoms with van der Waals surface area (Å²) in [7, 11) is 1.06. The summed E-state index contributed by atoms with van der Waals surface area (Å²) in [6.07, 6.45) is 3.42. The Morgan fingerprint density at radius 1 is 0.935 bits per heavy atom. The Morgan fingerprint density at radius 3 is 1.94 bits per heavy atom. The summed E-state index contributed by atoms with van der Waals surface area (Å²) in [5, 5.41) is 0. The van der Waals surface area contributed by atoms with Crippen molar-refractivity contribution < 1.29 is 17.9 Å². The second-order valence-corrected chi connectivity index (χ2v) is 9.34. The third kappa shape index (κ3) is 4.45. The van der Waals surface area contributed by atoms with E-state index in [9.17, 15) is 8.42 Å². The molecule has 0 aliphatic carbocycles. The molecule has 7 nitrogen and oxygen atoms in total. The van der Waals surface area contributed by atoms with E-state index < -0.39 is 16.1 Å². The maximum atomic E-state index is 13.7. The van der Waals surface area contributed by atoms with E-state index in [4.69, 9.17) is 9.47 Å². The number of benzene rings is 2. The Bertz CT molecular complexity index is 1170. The van der Waals surface area contributed by atoms with Gasteiger partial charge in [0.1, 0.15) is 23.4 Å². The number of hydrogen-bond acceptors (Lipinski definition) is 5. The molecule has 0 radical (unpaired) electrons. The lowest BCUT2D eigenvalue weighted by Gasteiger charge is -2.23. The summed E-state index contributed by atoms with van der Waals surface area (Å²) >= 11 is 0. The van der Waals surface area contributed by atoms with Crippen LogP contribution in [0.2, 0.25) is 0 Å². The van der Waals surface area contributed by atoms with Crippen molar-refractivity contribution in [3.8, 4) is 11.5 Å². The van der Waals surface area contributed by atoms with Crippen molar-refractivity contribution >= 4 is 10.0 Å². The Balaban J connectivity index is 2.19. The summed E-state index contributed by atoms with van der Waals surface area (Å²) < 4.78 is 42.8. The quantitative estimate of drug-likeness (QED) is 0.602. The van der Waals surface area contributed by atoms with Gasteiger partial charge < -0.3 is 14.0 Å². The molecule has 8 heteroatoms. The topological polar surface area (TPSA) is 82.4 Å². The molecule has 2 aromatic carbocycles. The first-order chi connectivity index (χ1) is 14.6. The zero-order chi connectivity index (χ0) is 22.9. The summed E-state index contributed by atoms with van der Waals surface area (Å²) in [6.45, 7) is 7.51. The van der Waals surface area contributed by atoms with Gasteiger partial charge in [-0.2, -0.15) is 4.72 Å². The van der Waals surface area contributed by atoms with Crippen LogP contribution in [0, 0.1) is 27.7 Å². The van der Waals surface area contributed by atoms with E-state index in [-0.39, 0.29) is 0 Å². The predicted octanol–water partition coefficient (Wildman–Crippen LogP) is 3.74. The van der Waals surface area contributed by atoms with Crippen LogP contribution in [0.3, 0.4) is 0 Å². The van der Waals surface area contributed by atoms with E-state index in [1.165, 1.54) is 0 Å². The second-order valence-electron chi connectivity index (χ2n) is 7.69. The SMILES string of the molecule is COc1cc(OC)cc([C@@H](NS(=O)(=O)c2c(C)c(C)cc(C)c2C)c2nccn2C)c1. The molecule has 0 saturated heterocycles. The summed E-state index contributed by atoms with van der Waals surface area (Å²) in [5.41, 5.74) is 3.99. The molecule has 31 heavy (non-hydrogen) atoms. The Hall–Kier alpha value is -2.84. The van der Waals surface area contributed by atoms with Gasteiger partial charge in [-0.15, -0.1) is 0 Å². The Labute approximate surface area is 184 Å². The van der Waals surface area contributed by atoms with Gasteiger partial charge in [-0.3, -0.25) is 0 Å². The van der Waals surface area contributed by atoms with Crippen molar-refractivity contribution in [2.75, 3.05) is 14.2 Å². The first kappa shape index (κ1) is 22.8. The van der Waals surface area contributed by atoms with Crippen LogP contribution >= 0.6 is 0 Å². The van der Waals surface area contributed by atoms with E-state index in [2.05, 4.69) is 9.71 Å². The maximum absolute atomic E-state index is 13.7. The minimum atomic E-state index is -3.88. The number of nitrogens with one attached hydrogen (secondary N) is 1. The van der Waals surface area contributed by atoms with Gasteiger partial charge in [0.25, 0.3) is 0 Å². The van der Waals surface area contributed by atoms with Gasteiger partial charge in [-0.05, 0) is 67.6 Å². The molecular formula is C23H29N3O4S. The van der Waals surface area contributed by atoms with Crippen LogP contribution in [0.15, 0.2) is 41.6 Å². The predicted molar refractivity (Wildman–Crippen MR) is 120 cm³/mol. The minimum absolute atomic E-state index is 0.305. The lowest BCUT2D eigenvalue weighted by molar-refractivity contribution is 0.392. The molecule has 1 aromatic heterocycles. The lowest BCUT2D eigenvalue weighted by atomic mass is 10.0. The second kappa shape index (κ2) is 8.72. The highest BCUT2D eigenvalue weighted by Crippen LogP contribution is 2.32. The van der Waals surface area contributed by atoms with Crippen LogP contribution in [0.25, 0.3) is 0 Å². The molecule has 0 amide bonds. The van der Waals surface area contributed by atoms with Crippen LogP contribution in [0.4, 0.5) is 0 Å². The molecular weight excluding hydrogens is 414 g/mol. The van der Waals surface area contributed by atoms with E-state index >= 15 is 0 Å². The monoisotopic (exact) mass is 443 g/mol. The normalized spacial score (nSPS) is 12.6. The standard InChI is InChI=1S/C23H29N3O4S/c1-14-10-15(2)17(4)22(16(14)3)31(27,28)25-21(23-24-8-9-26(23)5)18-11-19(29-6)13-20(12-18)30-7/h8-13,21,25H,1-7H3/t21-/m1/s1. The fourth-order valence-corrected chi connectivity index (χ4v) is 5.52. The molecule has 1 atom stereocenters. The van der Waals surface area contributed by atoms with E-state index in [1.807, 2.05) is 40.8 Å².